The number of rotatable bonds is 8. The summed E-state index contributed by atoms with van der Waals surface area (Å²) in [6, 6.07) is 24.5. The highest BCUT2D eigenvalue weighted by Crippen LogP contribution is 2.28. The Labute approximate surface area is 177 Å². The van der Waals surface area contributed by atoms with Gasteiger partial charge in [0.05, 0.1) is 12.3 Å². The summed E-state index contributed by atoms with van der Waals surface area (Å²) in [5.74, 6) is 0.551. The summed E-state index contributed by atoms with van der Waals surface area (Å²) in [6.45, 7) is 3.06. The number of amides is 1. The molecular formula is C24H25ClN2O2. The second-order valence-corrected chi connectivity index (χ2v) is 7.21. The van der Waals surface area contributed by atoms with Crippen molar-refractivity contribution >= 4 is 23.2 Å². The number of nitrogens with one attached hydrogen (secondary N) is 1. The van der Waals surface area contributed by atoms with Gasteiger partial charge < -0.3 is 10.1 Å². The van der Waals surface area contributed by atoms with Gasteiger partial charge in [0, 0.05) is 11.6 Å². The van der Waals surface area contributed by atoms with Gasteiger partial charge in [-0.2, -0.15) is 0 Å². The highest BCUT2D eigenvalue weighted by Gasteiger charge is 2.26. The lowest BCUT2D eigenvalue weighted by Crippen LogP contribution is -2.34. The molecule has 0 aliphatic rings. The fourth-order valence-corrected chi connectivity index (χ4v) is 3.39. The second-order valence-electron chi connectivity index (χ2n) is 6.77. The standard InChI is InChI=1S/C24H25ClN2O2/c1-3-29-22-12-8-7-11-21(22)26-24(28)23(19-9-5-4-6-10-19)27(2)17-18-13-15-20(25)16-14-18/h4-16,23H,3,17H2,1-2H3,(H,26,28). The molecular weight excluding hydrogens is 384 g/mol. The van der Waals surface area contributed by atoms with E-state index in [4.69, 9.17) is 16.3 Å². The number of carbonyl (C=O) groups is 1. The molecule has 0 spiro atoms. The molecule has 1 N–H and O–H groups in total. The van der Waals surface area contributed by atoms with Gasteiger partial charge in [-0.1, -0.05) is 66.2 Å². The van der Waals surface area contributed by atoms with E-state index in [1.807, 2.05) is 97.7 Å². The Morgan fingerprint density at radius 2 is 1.66 bits per heavy atom. The average molecular weight is 409 g/mol. The molecule has 0 bridgehead atoms. The third-order valence-corrected chi connectivity index (χ3v) is 4.85. The molecule has 150 valence electrons. The fourth-order valence-electron chi connectivity index (χ4n) is 3.26. The van der Waals surface area contributed by atoms with E-state index < -0.39 is 6.04 Å². The average Bonchev–Trinajstić information content (AvgIpc) is 2.72. The van der Waals surface area contributed by atoms with Crippen molar-refractivity contribution in [3.8, 4) is 5.75 Å². The zero-order valence-electron chi connectivity index (χ0n) is 16.6. The Hall–Kier alpha value is -2.82. The van der Waals surface area contributed by atoms with Gasteiger partial charge in [-0.05, 0) is 49.4 Å². The van der Waals surface area contributed by atoms with Gasteiger partial charge in [-0.15, -0.1) is 0 Å². The molecule has 4 nitrogen and oxygen atoms in total. The van der Waals surface area contributed by atoms with Crippen LogP contribution in [0.1, 0.15) is 24.1 Å². The number of benzene rings is 3. The molecule has 0 radical (unpaired) electrons. The zero-order valence-corrected chi connectivity index (χ0v) is 17.4. The number of nitrogens with zero attached hydrogens (tertiary/aromatic N) is 1. The fraction of sp³-hybridized carbons (Fsp3) is 0.208. The van der Waals surface area contributed by atoms with Gasteiger partial charge in [0.25, 0.3) is 0 Å². The van der Waals surface area contributed by atoms with E-state index in [0.29, 0.717) is 29.6 Å². The van der Waals surface area contributed by atoms with Crippen molar-refractivity contribution in [2.45, 2.75) is 19.5 Å². The molecule has 1 unspecified atom stereocenters. The Morgan fingerprint density at radius 1 is 1.00 bits per heavy atom. The van der Waals surface area contributed by atoms with Crippen molar-refractivity contribution in [1.82, 2.24) is 4.90 Å². The van der Waals surface area contributed by atoms with Crippen molar-refractivity contribution < 1.29 is 9.53 Å². The molecule has 3 rings (SSSR count). The van der Waals surface area contributed by atoms with E-state index in [-0.39, 0.29) is 5.91 Å². The molecule has 1 amide bonds. The smallest absolute Gasteiger partial charge is 0.246 e. The summed E-state index contributed by atoms with van der Waals surface area (Å²) in [5.41, 5.74) is 2.68. The molecule has 0 aliphatic carbocycles. The largest absolute Gasteiger partial charge is 0.492 e. The SMILES string of the molecule is CCOc1ccccc1NC(=O)C(c1ccccc1)N(C)Cc1ccc(Cl)cc1. The number of halogens is 1. The molecule has 1 atom stereocenters. The topological polar surface area (TPSA) is 41.6 Å². The minimum absolute atomic E-state index is 0.111. The first kappa shape index (κ1) is 20.9. The molecule has 5 heteroatoms. The summed E-state index contributed by atoms with van der Waals surface area (Å²) in [6.07, 6.45) is 0. The molecule has 29 heavy (non-hydrogen) atoms. The van der Waals surface area contributed by atoms with E-state index in [1.54, 1.807) is 0 Å². The predicted molar refractivity (Wildman–Crippen MR) is 118 cm³/mol. The number of ether oxygens (including phenoxy) is 1. The molecule has 0 aromatic heterocycles. The van der Waals surface area contributed by atoms with Crippen LogP contribution in [0.25, 0.3) is 0 Å². The molecule has 3 aromatic carbocycles. The monoisotopic (exact) mass is 408 g/mol. The lowest BCUT2D eigenvalue weighted by Gasteiger charge is -2.28. The van der Waals surface area contributed by atoms with E-state index in [2.05, 4.69) is 5.32 Å². The van der Waals surface area contributed by atoms with Crippen LogP contribution in [0.4, 0.5) is 5.69 Å². The normalized spacial score (nSPS) is 11.9. The summed E-state index contributed by atoms with van der Waals surface area (Å²) < 4.78 is 5.65. The molecule has 0 heterocycles. The van der Waals surface area contributed by atoms with Crippen LogP contribution in [-0.2, 0) is 11.3 Å². The maximum atomic E-state index is 13.3. The van der Waals surface area contributed by atoms with Crippen molar-refractivity contribution in [2.75, 3.05) is 19.0 Å². The van der Waals surface area contributed by atoms with Crippen LogP contribution in [0, 0.1) is 0 Å². The van der Waals surface area contributed by atoms with Gasteiger partial charge in [-0.25, -0.2) is 0 Å². The summed E-state index contributed by atoms with van der Waals surface area (Å²) in [7, 11) is 1.94. The van der Waals surface area contributed by atoms with Crippen LogP contribution >= 0.6 is 11.6 Å². The van der Waals surface area contributed by atoms with E-state index in [0.717, 1.165) is 11.1 Å². The van der Waals surface area contributed by atoms with E-state index in [1.165, 1.54) is 0 Å². The summed E-state index contributed by atoms with van der Waals surface area (Å²) >= 11 is 6.00. The molecule has 0 saturated carbocycles. The van der Waals surface area contributed by atoms with Gasteiger partial charge in [0.2, 0.25) is 5.91 Å². The maximum Gasteiger partial charge on any atom is 0.246 e. The number of hydrogen-bond donors (Lipinski definition) is 1. The Balaban J connectivity index is 1.85. The summed E-state index contributed by atoms with van der Waals surface area (Å²) in [5, 5.41) is 3.74. The lowest BCUT2D eigenvalue weighted by atomic mass is 10.0. The lowest BCUT2D eigenvalue weighted by molar-refractivity contribution is -0.121. The molecule has 0 saturated heterocycles. The first-order valence-electron chi connectivity index (χ1n) is 9.60. The number of para-hydroxylation sites is 2. The third kappa shape index (κ3) is 5.59. The highest BCUT2D eigenvalue weighted by atomic mass is 35.5. The van der Waals surface area contributed by atoms with Gasteiger partial charge in [0.15, 0.2) is 0 Å². The van der Waals surface area contributed by atoms with Crippen LogP contribution in [0.3, 0.4) is 0 Å². The zero-order chi connectivity index (χ0) is 20.6. The van der Waals surface area contributed by atoms with Crippen molar-refractivity contribution in [3.63, 3.8) is 0 Å². The number of likely N-dealkylation sites (N-methyl/N-ethyl adjacent to an activating group) is 1. The molecule has 0 fully saturated rings. The molecule has 0 aliphatic heterocycles. The van der Waals surface area contributed by atoms with Crippen LogP contribution in [-0.4, -0.2) is 24.5 Å². The number of anilines is 1. The first-order chi connectivity index (χ1) is 14.1. The van der Waals surface area contributed by atoms with Crippen LogP contribution in [0.2, 0.25) is 5.02 Å². The highest BCUT2D eigenvalue weighted by molar-refractivity contribution is 6.30. The number of hydrogen-bond acceptors (Lipinski definition) is 3. The van der Waals surface area contributed by atoms with E-state index in [9.17, 15) is 4.79 Å². The van der Waals surface area contributed by atoms with Crippen LogP contribution in [0.5, 0.6) is 5.75 Å². The Kier molecular flexibility index (Phi) is 7.28. The van der Waals surface area contributed by atoms with Crippen LogP contribution < -0.4 is 10.1 Å². The maximum absolute atomic E-state index is 13.3. The Bertz CT molecular complexity index is 929. The summed E-state index contributed by atoms with van der Waals surface area (Å²) in [4.78, 5) is 15.4. The molecule has 3 aromatic rings. The quantitative estimate of drug-likeness (QED) is 0.531. The Morgan fingerprint density at radius 3 is 2.34 bits per heavy atom. The second kappa shape index (κ2) is 10.1. The van der Waals surface area contributed by atoms with Crippen molar-refractivity contribution in [2.24, 2.45) is 0 Å². The van der Waals surface area contributed by atoms with Gasteiger partial charge in [0.1, 0.15) is 11.8 Å². The first-order valence-corrected chi connectivity index (χ1v) is 9.98. The predicted octanol–water partition coefficient (Wildman–Crippen LogP) is 5.55. The van der Waals surface area contributed by atoms with Crippen LogP contribution in [0.15, 0.2) is 78.9 Å². The third-order valence-electron chi connectivity index (χ3n) is 4.59. The number of carbonyl (C=O) groups excluding carboxylic acids is 1. The van der Waals surface area contributed by atoms with Crippen molar-refractivity contribution in [3.05, 3.63) is 95.0 Å². The minimum Gasteiger partial charge on any atom is -0.492 e. The van der Waals surface area contributed by atoms with Gasteiger partial charge in [-0.3, -0.25) is 9.69 Å². The van der Waals surface area contributed by atoms with Crippen molar-refractivity contribution in [1.29, 1.82) is 0 Å². The minimum atomic E-state index is -0.457. The van der Waals surface area contributed by atoms with E-state index >= 15 is 0 Å². The van der Waals surface area contributed by atoms with Gasteiger partial charge >= 0.3 is 0 Å².